The molecule has 9 nitrogen and oxygen atoms in total. The molecular weight excluding hydrogens is 887 g/mol. The van der Waals surface area contributed by atoms with Crippen molar-refractivity contribution >= 4 is 5.91 Å². The van der Waals surface area contributed by atoms with E-state index in [9.17, 15) is 30.3 Å². The minimum Gasteiger partial charge on any atom is -0.394 e. The molecule has 7 atom stereocenters. The van der Waals surface area contributed by atoms with Crippen LogP contribution in [0, 0.1) is 0 Å². The third kappa shape index (κ3) is 39.8. The van der Waals surface area contributed by atoms with E-state index in [1.807, 2.05) is 6.08 Å². The fourth-order valence-electron chi connectivity index (χ4n) is 8.05. The smallest absolute Gasteiger partial charge is 0.220 e. The van der Waals surface area contributed by atoms with Crippen LogP contribution in [0.1, 0.15) is 206 Å². The molecule has 0 aliphatic carbocycles. The summed E-state index contributed by atoms with van der Waals surface area (Å²) < 4.78 is 11.2. The van der Waals surface area contributed by atoms with Crippen LogP contribution in [0.25, 0.3) is 0 Å². The van der Waals surface area contributed by atoms with Crippen molar-refractivity contribution in [2.75, 3.05) is 13.2 Å². The van der Waals surface area contributed by atoms with Crippen LogP contribution in [0.15, 0.2) is 122 Å². The maximum Gasteiger partial charge on any atom is 0.220 e. The lowest BCUT2D eigenvalue weighted by Crippen LogP contribution is -2.60. The average Bonchev–Trinajstić information content (AvgIpc) is 3.37. The Morgan fingerprint density at radius 1 is 0.493 bits per heavy atom. The summed E-state index contributed by atoms with van der Waals surface area (Å²) in [6, 6.07) is -0.844. The highest BCUT2D eigenvalue weighted by atomic mass is 16.7. The van der Waals surface area contributed by atoms with E-state index in [4.69, 9.17) is 9.47 Å². The number of rotatable bonds is 46. The summed E-state index contributed by atoms with van der Waals surface area (Å²) in [5.74, 6) is -0.208. The Morgan fingerprint density at radius 3 is 1.35 bits per heavy atom. The van der Waals surface area contributed by atoms with Crippen molar-refractivity contribution in [3.63, 3.8) is 0 Å². The molecule has 0 spiro atoms. The van der Waals surface area contributed by atoms with E-state index in [1.165, 1.54) is 77.0 Å². The molecule has 1 heterocycles. The average molecular weight is 991 g/mol. The largest absolute Gasteiger partial charge is 0.394 e. The first-order valence-corrected chi connectivity index (χ1v) is 28.3. The van der Waals surface area contributed by atoms with Crippen LogP contribution < -0.4 is 5.32 Å². The highest BCUT2D eigenvalue weighted by Crippen LogP contribution is 2.22. The molecule has 0 radical (unpaired) electrons. The van der Waals surface area contributed by atoms with Crippen molar-refractivity contribution in [2.24, 2.45) is 0 Å². The second-order valence-electron chi connectivity index (χ2n) is 19.0. The van der Waals surface area contributed by atoms with Crippen molar-refractivity contribution in [1.29, 1.82) is 0 Å². The van der Waals surface area contributed by atoms with Crippen LogP contribution in [0.2, 0.25) is 0 Å². The van der Waals surface area contributed by atoms with Crippen molar-refractivity contribution in [2.45, 2.75) is 249 Å². The first-order valence-electron chi connectivity index (χ1n) is 28.3. The number of aliphatic hydroxyl groups excluding tert-OH is 5. The molecule has 0 aromatic carbocycles. The van der Waals surface area contributed by atoms with E-state index in [2.05, 4.69) is 129 Å². The van der Waals surface area contributed by atoms with Gasteiger partial charge in [-0.15, -0.1) is 0 Å². The van der Waals surface area contributed by atoms with Crippen molar-refractivity contribution in [3.8, 4) is 0 Å². The van der Waals surface area contributed by atoms with Crippen molar-refractivity contribution < 1.29 is 39.8 Å². The standard InChI is InChI=1S/C62H103NO8/c1-3-5-7-9-11-13-15-17-19-21-23-24-25-26-27-28-29-30-31-32-34-36-38-40-42-44-46-48-50-52-58(66)63-55(54-70-62-61(69)60(68)59(67)57(53-64)71-62)56(65)51-49-47-45-43-41-39-37-35-33-22-20-18-16-14-12-10-8-6-4-2/h5,7,11,13,17,19,23-24,26-27,29-30,32-35,41,43,49,51,55-57,59-62,64-65,67-69H,3-4,6,8-10,12,14-16,18,20-22,25,28,31,36-40,42,44-48,50,52-54H2,1-2H3,(H,63,66)/b7-5-,13-11-,19-17-,24-23-,27-26-,30-29-,34-32-,35-33+,43-41+,51-49+. The number of hydrogen-bond acceptors (Lipinski definition) is 8. The zero-order valence-corrected chi connectivity index (χ0v) is 44.7. The van der Waals surface area contributed by atoms with Gasteiger partial charge in [-0.05, 0) is 103 Å². The Balaban J connectivity index is 2.29. The highest BCUT2D eigenvalue weighted by molar-refractivity contribution is 5.76. The van der Waals surface area contributed by atoms with Gasteiger partial charge in [-0.1, -0.05) is 219 Å². The number of carbonyl (C=O) groups excluding carboxylic acids is 1. The molecule has 71 heavy (non-hydrogen) atoms. The molecule has 6 N–H and O–H groups in total. The lowest BCUT2D eigenvalue weighted by molar-refractivity contribution is -0.302. The molecule has 1 aliphatic rings. The van der Waals surface area contributed by atoms with Crippen LogP contribution in [0.3, 0.4) is 0 Å². The summed E-state index contributed by atoms with van der Waals surface area (Å²) in [5.41, 5.74) is 0. The molecule has 404 valence electrons. The van der Waals surface area contributed by atoms with E-state index in [-0.39, 0.29) is 12.5 Å². The lowest BCUT2D eigenvalue weighted by Gasteiger charge is -2.40. The van der Waals surface area contributed by atoms with Gasteiger partial charge in [-0.25, -0.2) is 0 Å². The Hall–Kier alpha value is -3.41. The second-order valence-corrected chi connectivity index (χ2v) is 19.0. The van der Waals surface area contributed by atoms with Gasteiger partial charge >= 0.3 is 0 Å². The fraction of sp³-hybridized carbons (Fsp3) is 0.661. The summed E-state index contributed by atoms with van der Waals surface area (Å²) in [6.45, 7) is 3.62. The quantitative estimate of drug-likeness (QED) is 0.0261. The number of ether oxygens (including phenoxy) is 2. The predicted octanol–water partition coefficient (Wildman–Crippen LogP) is 14.0. The van der Waals surface area contributed by atoms with Crippen LogP contribution in [-0.4, -0.2) is 87.5 Å². The van der Waals surface area contributed by atoms with Gasteiger partial charge in [-0.2, -0.15) is 0 Å². The number of carbonyl (C=O) groups is 1. The van der Waals surface area contributed by atoms with E-state index < -0.39 is 49.5 Å². The molecule has 1 saturated heterocycles. The van der Waals surface area contributed by atoms with Gasteiger partial charge in [0.15, 0.2) is 6.29 Å². The molecule has 9 heteroatoms. The first-order chi connectivity index (χ1) is 34.8. The Morgan fingerprint density at radius 2 is 0.887 bits per heavy atom. The number of aliphatic hydroxyl groups is 5. The van der Waals surface area contributed by atoms with Gasteiger partial charge in [0.2, 0.25) is 5.91 Å². The van der Waals surface area contributed by atoms with Gasteiger partial charge in [0.25, 0.3) is 0 Å². The monoisotopic (exact) mass is 990 g/mol. The van der Waals surface area contributed by atoms with Gasteiger partial charge in [-0.3, -0.25) is 4.79 Å². The third-order valence-corrected chi connectivity index (χ3v) is 12.5. The molecule has 0 aromatic rings. The van der Waals surface area contributed by atoms with Crippen molar-refractivity contribution in [3.05, 3.63) is 122 Å². The number of nitrogens with one attached hydrogen (secondary N) is 1. The molecule has 0 aromatic heterocycles. The second kappa shape index (κ2) is 50.1. The fourth-order valence-corrected chi connectivity index (χ4v) is 8.05. The van der Waals surface area contributed by atoms with Crippen molar-refractivity contribution in [1.82, 2.24) is 5.32 Å². The molecule has 0 saturated carbocycles. The van der Waals surface area contributed by atoms with E-state index in [0.29, 0.717) is 6.42 Å². The number of allylic oxidation sites excluding steroid dienone is 19. The van der Waals surface area contributed by atoms with Gasteiger partial charge in [0.1, 0.15) is 24.4 Å². The van der Waals surface area contributed by atoms with Crippen LogP contribution in [0.4, 0.5) is 0 Å². The Bertz CT molecular complexity index is 1520. The van der Waals surface area contributed by atoms with Gasteiger partial charge in [0, 0.05) is 6.42 Å². The number of unbranched alkanes of at least 4 members (excludes halogenated alkanes) is 18. The normalized spacial score (nSPS) is 20.2. The van der Waals surface area contributed by atoms with E-state index in [1.54, 1.807) is 6.08 Å². The minimum absolute atomic E-state index is 0.208. The van der Waals surface area contributed by atoms with E-state index >= 15 is 0 Å². The summed E-state index contributed by atoms with van der Waals surface area (Å²) in [6.07, 6.45) is 68.2. The molecule has 0 bridgehead atoms. The summed E-state index contributed by atoms with van der Waals surface area (Å²) in [5, 5.41) is 54.4. The minimum atomic E-state index is -1.58. The topological polar surface area (TPSA) is 149 Å². The SMILES string of the molecule is CC/C=C\C/C=C\C/C=C\C/C=C\C/C=C\C/C=C\C/C=C\CCCCCCCCCC(=O)NC(COC1OC(CO)C(O)C(O)C1O)C(O)/C=C/CC/C=C/CC/C=C/CCCCCCCCCCC. The highest BCUT2D eigenvalue weighted by Gasteiger charge is 2.44. The summed E-state index contributed by atoms with van der Waals surface area (Å²) in [4.78, 5) is 13.0. The number of amides is 1. The number of hydrogen-bond donors (Lipinski definition) is 6. The zero-order chi connectivity index (χ0) is 51.5. The molecule has 1 fully saturated rings. The van der Waals surface area contributed by atoms with Gasteiger partial charge in [0.05, 0.1) is 25.4 Å². The Labute approximate surface area is 433 Å². The Kier molecular flexibility index (Phi) is 46.3. The van der Waals surface area contributed by atoms with Crippen LogP contribution >= 0.6 is 0 Å². The van der Waals surface area contributed by atoms with Crippen LogP contribution in [0.5, 0.6) is 0 Å². The lowest BCUT2D eigenvalue weighted by atomic mass is 9.99. The third-order valence-electron chi connectivity index (χ3n) is 12.5. The maximum absolute atomic E-state index is 13.0. The zero-order valence-electron chi connectivity index (χ0n) is 44.7. The molecule has 1 rings (SSSR count). The molecule has 1 amide bonds. The predicted molar refractivity (Wildman–Crippen MR) is 299 cm³/mol. The first kappa shape index (κ1) is 65.6. The summed E-state index contributed by atoms with van der Waals surface area (Å²) in [7, 11) is 0. The summed E-state index contributed by atoms with van der Waals surface area (Å²) >= 11 is 0. The van der Waals surface area contributed by atoms with E-state index in [0.717, 1.165) is 109 Å². The molecule has 1 aliphatic heterocycles. The molecule has 7 unspecified atom stereocenters. The maximum atomic E-state index is 13.0. The molecular formula is C62H103NO8. The van der Waals surface area contributed by atoms with Gasteiger partial charge < -0.3 is 40.3 Å². The van der Waals surface area contributed by atoms with Crippen LogP contribution in [-0.2, 0) is 14.3 Å².